The van der Waals surface area contributed by atoms with Crippen LogP contribution in [0.1, 0.15) is 54.4 Å². The number of carbonyl (C=O) groups excluding carboxylic acids is 1. The lowest BCUT2D eigenvalue weighted by Gasteiger charge is -2.27. The number of nitrogens with zero attached hydrogens (tertiary/aromatic N) is 2. The number of hydrogen-bond acceptors (Lipinski definition) is 3. The molecule has 1 saturated carbocycles. The van der Waals surface area contributed by atoms with Gasteiger partial charge in [0.15, 0.2) is 0 Å². The number of carboxylic acid groups (broad SMARTS) is 1. The summed E-state index contributed by atoms with van der Waals surface area (Å²) in [5.41, 5.74) is 2.48. The van der Waals surface area contributed by atoms with Crippen LogP contribution in [0.4, 0.5) is 0 Å². The molecule has 0 saturated heterocycles. The van der Waals surface area contributed by atoms with Crippen LogP contribution < -0.4 is 5.32 Å². The molecule has 6 heteroatoms. The first-order chi connectivity index (χ1) is 12.5. The van der Waals surface area contributed by atoms with Gasteiger partial charge in [-0.1, -0.05) is 25.7 Å². The number of rotatable bonds is 4. The predicted molar refractivity (Wildman–Crippen MR) is 98.4 cm³/mol. The summed E-state index contributed by atoms with van der Waals surface area (Å²) in [6, 6.07) is 6.87. The minimum absolute atomic E-state index is 0.218. The first-order valence-electron chi connectivity index (χ1n) is 9.20. The van der Waals surface area contributed by atoms with E-state index in [1.54, 1.807) is 23.0 Å². The Hall–Kier alpha value is -2.63. The van der Waals surface area contributed by atoms with E-state index in [1.807, 2.05) is 25.3 Å². The van der Waals surface area contributed by atoms with Gasteiger partial charge >= 0.3 is 5.97 Å². The fraction of sp³-hybridized carbons (Fsp3) is 0.450. The van der Waals surface area contributed by atoms with Gasteiger partial charge in [0, 0.05) is 17.8 Å². The number of carbonyl (C=O) groups is 2. The SMILES string of the molecule is Cc1cnn(-c2ccc(C(=O)NC3CCCCCCC3C(=O)O)cc2)c1. The van der Waals surface area contributed by atoms with Gasteiger partial charge in [0.1, 0.15) is 0 Å². The highest BCUT2D eigenvalue weighted by molar-refractivity contribution is 5.94. The molecule has 0 radical (unpaired) electrons. The van der Waals surface area contributed by atoms with Gasteiger partial charge in [-0.25, -0.2) is 4.68 Å². The molecule has 1 aromatic carbocycles. The second-order valence-corrected chi connectivity index (χ2v) is 7.03. The van der Waals surface area contributed by atoms with Crippen molar-refractivity contribution in [3.05, 3.63) is 47.8 Å². The highest BCUT2D eigenvalue weighted by atomic mass is 16.4. The molecule has 1 amide bonds. The predicted octanol–water partition coefficient (Wildman–Crippen LogP) is 3.33. The van der Waals surface area contributed by atoms with E-state index in [0.717, 1.165) is 36.9 Å². The van der Waals surface area contributed by atoms with Gasteiger partial charge in [-0.2, -0.15) is 5.10 Å². The van der Waals surface area contributed by atoms with Crippen LogP contribution in [0, 0.1) is 12.8 Å². The molecule has 3 rings (SSSR count). The fourth-order valence-electron chi connectivity index (χ4n) is 3.52. The average molecular weight is 355 g/mol. The number of aromatic nitrogens is 2. The molecule has 1 aromatic heterocycles. The van der Waals surface area contributed by atoms with E-state index in [0.29, 0.717) is 18.4 Å². The van der Waals surface area contributed by atoms with Crippen molar-refractivity contribution in [1.29, 1.82) is 0 Å². The van der Waals surface area contributed by atoms with E-state index in [-0.39, 0.29) is 11.9 Å². The number of aryl methyl sites for hydroxylation is 1. The van der Waals surface area contributed by atoms with Gasteiger partial charge in [-0.3, -0.25) is 9.59 Å². The Morgan fingerprint density at radius 3 is 2.42 bits per heavy atom. The molecule has 6 nitrogen and oxygen atoms in total. The summed E-state index contributed by atoms with van der Waals surface area (Å²) in [6.45, 7) is 1.97. The Labute approximate surface area is 153 Å². The summed E-state index contributed by atoms with van der Waals surface area (Å²) in [5, 5.41) is 16.7. The second kappa shape index (κ2) is 8.17. The van der Waals surface area contributed by atoms with Crippen LogP contribution in [0.2, 0.25) is 0 Å². The first kappa shape index (κ1) is 18.2. The van der Waals surface area contributed by atoms with Crippen LogP contribution in [0.5, 0.6) is 0 Å². The quantitative estimate of drug-likeness (QED) is 0.881. The minimum Gasteiger partial charge on any atom is -0.481 e. The summed E-state index contributed by atoms with van der Waals surface area (Å²) in [7, 11) is 0. The third-order valence-electron chi connectivity index (χ3n) is 5.01. The topological polar surface area (TPSA) is 84.2 Å². The molecule has 1 heterocycles. The van der Waals surface area contributed by atoms with Gasteiger partial charge in [-0.05, 0) is 49.6 Å². The summed E-state index contributed by atoms with van der Waals surface area (Å²) in [4.78, 5) is 24.2. The van der Waals surface area contributed by atoms with Crippen LogP contribution >= 0.6 is 0 Å². The zero-order chi connectivity index (χ0) is 18.5. The second-order valence-electron chi connectivity index (χ2n) is 7.03. The molecular formula is C20H25N3O3. The molecule has 2 atom stereocenters. The third kappa shape index (κ3) is 4.31. The molecule has 1 fully saturated rings. The Bertz CT molecular complexity index is 767. The van der Waals surface area contributed by atoms with Crippen LogP contribution in [-0.4, -0.2) is 32.8 Å². The van der Waals surface area contributed by atoms with Crippen LogP contribution in [0.25, 0.3) is 5.69 Å². The Kier molecular flexibility index (Phi) is 5.71. The van der Waals surface area contributed by atoms with Crippen molar-refractivity contribution in [2.45, 2.75) is 51.5 Å². The minimum atomic E-state index is -0.818. The highest BCUT2D eigenvalue weighted by Gasteiger charge is 2.30. The monoisotopic (exact) mass is 355 g/mol. The summed E-state index contributed by atoms with van der Waals surface area (Å²) in [5.74, 6) is -1.54. The zero-order valence-electron chi connectivity index (χ0n) is 15.0. The molecular weight excluding hydrogens is 330 g/mol. The smallest absolute Gasteiger partial charge is 0.308 e. The number of benzene rings is 1. The number of aliphatic carboxylic acids is 1. The standard InChI is InChI=1S/C20H25N3O3/c1-14-12-21-23(13-14)16-10-8-15(9-11-16)19(24)22-18-7-5-3-2-4-6-17(18)20(25)26/h8-13,17-18H,2-7H2,1H3,(H,22,24)(H,25,26). The lowest BCUT2D eigenvalue weighted by atomic mass is 9.86. The molecule has 2 unspecified atom stereocenters. The van der Waals surface area contributed by atoms with Crippen LogP contribution in [0.3, 0.4) is 0 Å². The van der Waals surface area contributed by atoms with Crippen molar-refractivity contribution in [2.75, 3.05) is 0 Å². The number of carboxylic acids is 1. The van der Waals surface area contributed by atoms with Crippen molar-refractivity contribution in [2.24, 2.45) is 5.92 Å². The maximum Gasteiger partial charge on any atom is 0.308 e. The van der Waals surface area contributed by atoms with Gasteiger partial charge < -0.3 is 10.4 Å². The molecule has 26 heavy (non-hydrogen) atoms. The van der Waals surface area contributed by atoms with Crippen molar-refractivity contribution in [3.8, 4) is 5.69 Å². The van der Waals surface area contributed by atoms with Crippen molar-refractivity contribution in [3.63, 3.8) is 0 Å². The average Bonchev–Trinajstić information content (AvgIpc) is 3.03. The Morgan fingerprint density at radius 1 is 1.12 bits per heavy atom. The normalized spacial score (nSPS) is 20.8. The van der Waals surface area contributed by atoms with Gasteiger partial charge in [0.05, 0.1) is 17.8 Å². The molecule has 0 spiro atoms. The maximum atomic E-state index is 12.6. The van der Waals surface area contributed by atoms with Crippen LogP contribution in [-0.2, 0) is 4.79 Å². The van der Waals surface area contributed by atoms with Crippen molar-refractivity contribution < 1.29 is 14.7 Å². The maximum absolute atomic E-state index is 12.6. The van der Waals surface area contributed by atoms with Gasteiger partial charge in [0.25, 0.3) is 5.91 Å². The molecule has 138 valence electrons. The van der Waals surface area contributed by atoms with E-state index < -0.39 is 11.9 Å². The molecule has 2 aromatic rings. The Balaban J connectivity index is 1.70. The van der Waals surface area contributed by atoms with E-state index >= 15 is 0 Å². The molecule has 1 aliphatic rings. The largest absolute Gasteiger partial charge is 0.481 e. The van der Waals surface area contributed by atoms with E-state index in [9.17, 15) is 14.7 Å². The van der Waals surface area contributed by atoms with Crippen molar-refractivity contribution >= 4 is 11.9 Å². The van der Waals surface area contributed by atoms with E-state index in [2.05, 4.69) is 10.4 Å². The van der Waals surface area contributed by atoms with E-state index in [1.165, 1.54) is 0 Å². The van der Waals surface area contributed by atoms with Crippen molar-refractivity contribution in [1.82, 2.24) is 15.1 Å². The van der Waals surface area contributed by atoms with Gasteiger partial charge in [-0.15, -0.1) is 0 Å². The summed E-state index contributed by atoms with van der Waals surface area (Å²) < 4.78 is 1.76. The van der Waals surface area contributed by atoms with Crippen LogP contribution in [0.15, 0.2) is 36.7 Å². The van der Waals surface area contributed by atoms with E-state index in [4.69, 9.17) is 0 Å². The van der Waals surface area contributed by atoms with Gasteiger partial charge in [0.2, 0.25) is 0 Å². The Morgan fingerprint density at radius 2 is 1.81 bits per heavy atom. The molecule has 0 aliphatic heterocycles. The fourth-order valence-corrected chi connectivity index (χ4v) is 3.52. The molecule has 1 aliphatic carbocycles. The lowest BCUT2D eigenvalue weighted by molar-refractivity contribution is -0.143. The number of hydrogen-bond donors (Lipinski definition) is 2. The highest BCUT2D eigenvalue weighted by Crippen LogP contribution is 2.23. The lowest BCUT2D eigenvalue weighted by Crippen LogP contribution is -2.43. The summed E-state index contributed by atoms with van der Waals surface area (Å²) in [6.07, 6.45) is 9.05. The number of amides is 1. The third-order valence-corrected chi connectivity index (χ3v) is 5.01. The molecule has 2 N–H and O–H groups in total. The summed E-state index contributed by atoms with van der Waals surface area (Å²) >= 11 is 0. The first-order valence-corrected chi connectivity index (χ1v) is 9.20. The zero-order valence-corrected chi connectivity index (χ0v) is 15.0. The number of nitrogens with one attached hydrogen (secondary N) is 1. The molecule has 0 bridgehead atoms.